The van der Waals surface area contributed by atoms with Crippen LogP contribution in [0.3, 0.4) is 0 Å². The Hall–Kier alpha value is 1.35. The SMILES string of the molecule is CCNC(Cl)(Cl)CCl.[Fe]. The predicted molar refractivity (Wildman–Crippen MR) is 38.8 cm³/mol. The van der Waals surface area contributed by atoms with Gasteiger partial charge in [-0.3, -0.25) is 5.32 Å². The molecule has 1 nitrogen and oxygen atoms in total. The van der Waals surface area contributed by atoms with Crippen molar-refractivity contribution in [3.8, 4) is 0 Å². The van der Waals surface area contributed by atoms with Crippen LogP contribution in [0, 0.1) is 0 Å². The molecule has 0 aromatic carbocycles. The zero-order chi connectivity index (χ0) is 6.62. The molecule has 0 bridgehead atoms. The van der Waals surface area contributed by atoms with Gasteiger partial charge >= 0.3 is 0 Å². The van der Waals surface area contributed by atoms with Gasteiger partial charge in [0.15, 0.2) is 4.46 Å². The van der Waals surface area contributed by atoms with Crippen LogP contribution in [0.15, 0.2) is 0 Å². The molecule has 0 aliphatic heterocycles. The topological polar surface area (TPSA) is 12.0 Å². The first kappa shape index (κ1) is 13.0. The normalized spacial score (nSPS) is 10.7. The van der Waals surface area contributed by atoms with Crippen molar-refractivity contribution in [3.63, 3.8) is 0 Å². The summed E-state index contributed by atoms with van der Waals surface area (Å²) in [4.78, 5) is 0. The second kappa shape index (κ2) is 6.09. The fourth-order valence-electron chi connectivity index (χ4n) is 0.306. The Labute approximate surface area is 80.9 Å². The maximum atomic E-state index is 5.54. The van der Waals surface area contributed by atoms with E-state index in [1.54, 1.807) is 0 Å². The summed E-state index contributed by atoms with van der Waals surface area (Å²) >= 11 is 16.4. The van der Waals surface area contributed by atoms with Crippen LogP contribution in [0.1, 0.15) is 6.92 Å². The molecule has 0 amide bonds. The molecule has 1 N–H and O–H groups in total. The second-order valence-electron chi connectivity index (χ2n) is 1.37. The van der Waals surface area contributed by atoms with Crippen molar-refractivity contribution in [2.45, 2.75) is 11.4 Å². The van der Waals surface area contributed by atoms with Crippen LogP contribution >= 0.6 is 34.8 Å². The number of nitrogens with one attached hydrogen (secondary N) is 1. The number of halogens is 3. The average Bonchev–Trinajstić information content (AvgIpc) is 1.67. The molecule has 0 spiro atoms. The zero-order valence-electron chi connectivity index (χ0n) is 4.90. The minimum atomic E-state index is -0.948. The summed E-state index contributed by atoms with van der Waals surface area (Å²) in [6.45, 7) is 2.63. The van der Waals surface area contributed by atoms with Crippen molar-refractivity contribution in [2.75, 3.05) is 12.4 Å². The third kappa shape index (κ3) is 7.24. The van der Waals surface area contributed by atoms with Crippen LogP contribution in [0.25, 0.3) is 0 Å². The van der Waals surface area contributed by atoms with Gasteiger partial charge < -0.3 is 0 Å². The van der Waals surface area contributed by atoms with Crippen molar-refractivity contribution in [3.05, 3.63) is 0 Å². The molecule has 0 atom stereocenters. The van der Waals surface area contributed by atoms with E-state index in [1.807, 2.05) is 6.92 Å². The van der Waals surface area contributed by atoms with Gasteiger partial charge in [0.05, 0.1) is 5.88 Å². The molecule has 0 heterocycles. The zero-order valence-corrected chi connectivity index (χ0v) is 8.27. The molecule has 0 aromatic heterocycles. The van der Waals surface area contributed by atoms with E-state index in [0.29, 0.717) is 0 Å². The summed E-state index contributed by atoms with van der Waals surface area (Å²) in [6, 6.07) is 0. The van der Waals surface area contributed by atoms with Gasteiger partial charge in [0.25, 0.3) is 0 Å². The number of rotatable bonds is 3. The summed E-state index contributed by atoms with van der Waals surface area (Å²) in [5, 5.41) is 2.77. The van der Waals surface area contributed by atoms with Gasteiger partial charge in [-0.15, -0.1) is 11.6 Å². The minimum absolute atomic E-state index is 0. The average molecular weight is 232 g/mol. The van der Waals surface area contributed by atoms with Crippen LogP contribution in [0.5, 0.6) is 0 Å². The third-order valence-corrected chi connectivity index (χ3v) is 1.81. The van der Waals surface area contributed by atoms with Gasteiger partial charge in [0.1, 0.15) is 0 Å². The van der Waals surface area contributed by atoms with Crippen molar-refractivity contribution in [2.24, 2.45) is 0 Å². The van der Waals surface area contributed by atoms with Gasteiger partial charge in [-0.1, -0.05) is 30.1 Å². The Morgan fingerprint density at radius 2 is 1.89 bits per heavy atom. The van der Waals surface area contributed by atoms with E-state index < -0.39 is 4.46 Å². The molecule has 58 valence electrons. The molecule has 0 aromatic rings. The number of hydrogen-bond acceptors (Lipinski definition) is 1. The summed E-state index contributed by atoms with van der Waals surface area (Å²) in [7, 11) is 0. The Morgan fingerprint density at radius 3 is 2.00 bits per heavy atom. The summed E-state index contributed by atoms with van der Waals surface area (Å²) in [5.41, 5.74) is 0. The van der Waals surface area contributed by atoms with Crippen molar-refractivity contribution >= 4 is 34.8 Å². The van der Waals surface area contributed by atoms with Crippen LogP contribution in [-0.4, -0.2) is 16.9 Å². The van der Waals surface area contributed by atoms with E-state index in [9.17, 15) is 0 Å². The largest absolute Gasteiger partial charge is 0.286 e. The summed E-state index contributed by atoms with van der Waals surface area (Å²) in [6.07, 6.45) is 0. The quantitative estimate of drug-likeness (QED) is 0.445. The molecule has 0 fully saturated rings. The van der Waals surface area contributed by atoms with E-state index in [2.05, 4.69) is 5.32 Å². The van der Waals surface area contributed by atoms with Crippen molar-refractivity contribution < 1.29 is 17.1 Å². The van der Waals surface area contributed by atoms with Gasteiger partial charge in [-0.2, -0.15) is 0 Å². The molecule has 0 unspecified atom stereocenters. The van der Waals surface area contributed by atoms with Crippen LogP contribution in [-0.2, 0) is 17.1 Å². The molecular formula is C4H8Cl3FeN. The molecule has 0 saturated heterocycles. The van der Waals surface area contributed by atoms with E-state index in [4.69, 9.17) is 34.8 Å². The first-order valence-electron chi connectivity index (χ1n) is 2.31. The fraction of sp³-hybridized carbons (Fsp3) is 1.00. The molecule has 0 radical (unpaired) electrons. The molecular weight excluding hydrogens is 224 g/mol. The second-order valence-corrected chi connectivity index (χ2v) is 3.12. The van der Waals surface area contributed by atoms with Gasteiger partial charge in [0, 0.05) is 17.1 Å². The Bertz CT molecular complexity index is 68.8. The third-order valence-electron chi connectivity index (χ3n) is 0.603. The van der Waals surface area contributed by atoms with Gasteiger partial charge in [-0.25, -0.2) is 0 Å². The van der Waals surface area contributed by atoms with E-state index in [-0.39, 0.29) is 22.9 Å². The van der Waals surface area contributed by atoms with E-state index in [0.717, 1.165) is 6.54 Å². The molecule has 5 heteroatoms. The number of hydrogen-bond donors (Lipinski definition) is 1. The minimum Gasteiger partial charge on any atom is -0.286 e. The van der Waals surface area contributed by atoms with Gasteiger partial charge in [-0.05, 0) is 6.54 Å². The fourth-order valence-corrected chi connectivity index (χ4v) is 0.668. The Morgan fingerprint density at radius 1 is 1.44 bits per heavy atom. The molecule has 0 aliphatic carbocycles. The molecule has 0 rings (SSSR count). The monoisotopic (exact) mass is 231 g/mol. The molecule has 9 heavy (non-hydrogen) atoms. The van der Waals surface area contributed by atoms with Crippen molar-refractivity contribution in [1.29, 1.82) is 0 Å². The first-order valence-corrected chi connectivity index (χ1v) is 3.60. The molecule has 0 saturated carbocycles. The Kier molecular flexibility index (Phi) is 8.77. The van der Waals surface area contributed by atoms with Crippen molar-refractivity contribution in [1.82, 2.24) is 5.32 Å². The first-order chi connectivity index (χ1) is 3.62. The van der Waals surface area contributed by atoms with Crippen LogP contribution in [0.2, 0.25) is 0 Å². The number of alkyl halides is 3. The smallest absolute Gasteiger partial charge is 0.182 e. The van der Waals surface area contributed by atoms with Gasteiger partial charge in [0.2, 0.25) is 0 Å². The summed E-state index contributed by atoms with van der Waals surface area (Å²) < 4.78 is -0.948. The maximum Gasteiger partial charge on any atom is 0.182 e. The molecule has 0 aliphatic rings. The summed E-state index contributed by atoms with van der Waals surface area (Å²) in [5.74, 6) is 0.198. The van der Waals surface area contributed by atoms with E-state index in [1.165, 1.54) is 0 Å². The maximum absolute atomic E-state index is 5.54. The van der Waals surface area contributed by atoms with E-state index >= 15 is 0 Å². The standard InChI is InChI=1S/C4H8Cl3N.Fe/c1-2-8-4(6,7)3-5;/h8H,2-3H2,1H3;. The Balaban J connectivity index is 0. The van der Waals surface area contributed by atoms with Crippen LogP contribution < -0.4 is 5.32 Å². The van der Waals surface area contributed by atoms with Crippen LogP contribution in [0.4, 0.5) is 0 Å². The predicted octanol–water partition coefficient (Wildman–Crippen LogP) is 1.96.